The number of rotatable bonds is 5. The van der Waals surface area contributed by atoms with E-state index in [1.165, 1.54) is 0 Å². The number of hydrogen-bond donors (Lipinski definition) is 2. The fourth-order valence-corrected chi connectivity index (χ4v) is 5.68. The van der Waals surface area contributed by atoms with E-state index in [0.717, 1.165) is 11.1 Å². The molecule has 0 amide bonds. The smallest absolute Gasteiger partial charge is 0.341 e. The quantitative estimate of drug-likeness (QED) is 0.590. The molecule has 3 aromatic rings. The van der Waals surface area contributed by atoms with Gasteiger partial charge in [-0.15, -0.1) is 0 Å². The predicted molar refractivity (Wildman–Crippen MR) is 124 cm³/mol. The van der Waals surface area contributed by atoms with Crippen molar-refractivity contribution >= 4 is 11.8 Å². The van der Waals surface area contributed by atoms with Crippen LogP contribution in [-0.2, 0) is 19.7 Å². The molecule has 2 N–H and O–H groups in total. The summed E-state index contributed by atoms with van der Waals surface area (Å²) in [5.41, 5.74) is 2.20. The molecule has 5 rings (SSSR count). The topological polar surface area (TPSA) is 75.6 Å². The Labute approximate surface area is 193 Å². The Balaban J connectivity index is 1.55. The van der Waals surface area contributed by atoms with Gasteiger partial charge in [0.15, 0.2) is 12.3 Å². The average Bonchev–Trinajstić information content (AvgIpc) is 3.30. The van der Waals surface area contributed by atoms with Crippen LogP contribution < -0.4 is 5.32 Å². The average molecular weight is 442 g/mol. The number of fused-ring (bicyclic) bond motifs is 1. The van der Waals surface area contributed by atoms with Crippen LogP contribution in [-0.4, -0.2) is 29.6 Å². The van der Waals surface area contributed by atoms with Gasteiger partial charge in [-0.25, -0.2) is 4.79 Å². The fraction of sp³-hybridized carbons (Fsp3) is 0.286. The maximum Gasteiger partial charge on any atom is 0.341 e. The Bertz CT molecular complexity index is 1080. The lowest BCUT2D eigenvalue weighted by molar-refractivity contribution is -0.165. The van der Waals surface area contributed by atoms with Crippen LogP contribution in [0, 0.1) is 11.8 Å². The second-order valence-electron chi connectivity index (χ2n) is 8.88. The van der Waals surface area contributed by atoms with Gasteiger partial charge in [0.25, 0.3) is 0 Å². The molecule has 1 unspecified atom stereocenters. The molecule has 2 fully saturated rings. The maximum atomic E-state index is 13.0. The van der Waals surface area contributed by atoms with E-state index < -0.39 is 23.7 Å². The van der Waals surface area contributed by atoms with Crippen LogP contribution in [0.1, 0.15) is 35.6 Å². The molecular weight excluding hydrogens is 414 g/mol. The number of ether oxygens (including phenoxy) is 1. The Morgan fingerprint density at radius 2 is 1.45 bits per heavy atom. The van der Waals surface area contributed by atoms with E-state index in [1.807, 2.05) is 42.5 Å². The molecule has 5 nitrogen and oxygen atoms in total. The largest absolute Gasteiger partial charge is 0.444 e. The zero-order valence-corrected chi connectivity index (χ0v) is 18.3. The summed E-state index contributed by atoms with van der Waals surface area (Å²) in [6.07, 6.45) is -0.961. The van der Waals surface area contributed by atoms with Gasteiger partial charge in [-0.05, 0) is 23.1 Å². The minimum Gasteiger partial charge on any atom is -0.444 e. The van der Waals surface area contributed by atoms with E-state index in [9.17, 15) is 14.7 Å². The monoisotopic (exact) mass is 441 g/mol. The van der Waals surface area contributed by atoms with E-state index >= 15 is 0 Å². The molecule has 0 bridgehead atoms. The number of nitrogens with one attached hydrogen (secondary N) is 1. The predicted octanol–water partition coefficient (Wildman–Crippen LogP) is 3.77. The lowest BCUT2D eigenvalue weighted by Crippen LogP contribution is -2.51. The second-order valence-corrected chi connectivity index (χ2v) is 8.88. The maximum absolute atomic E-state index is 13.0. The lowest BCUT2D eigenvalue weighted by atomic mass is 9.56. The van der Waals surface area contributed by atoms with E-state index in [0.29, 0.717) is 24.9 Å². The molecule has 168 valence electrons. The molecule has 3 aromatic carbocycles. The minimum atomic E-state index is -1.38. The van der Waals surface area contributed by atoms with Crippen molar-refractivity contribution in [3.63, 3.8) is 0 Å². The van der Waals surface area contributed by atoms with Crippen molar-refractivity contribution in [1.82, 2.24) is 5.32 Å². The number of ketones is 1. The number of Topliss-reactive ketones (excluding diaryl/α,β-unsaturated/α-hetero) is 1. The Kier molecular flexibility index (Phi) is 5.83. The molecular formula is C28H27NO4. The molecule has 0 radical (unpaired) electrons. The third kappa shape index (κ3) is 3.77. The van der Waals surface area contributed by atoms with Crippen molar-refractivity contribution in [3.05, 3.63) is 108 Å². The number of hydrogen-bond acceptors (Lipinski definition) is 5. The molecule has 4 atom stereocenters. The van der Waals surface area contributed by atoms with Crippen LogP contribution in [0.2, 0.25) is 0 Å². The van der Waals surface area contributed by atoms with E-state index in [-0.39, 0.29) is 17.6 Å². The van der Waals surface area contributed by atoms with Crippen LogP contribution in [0.15, 0.2) is 91.0 Å². The summed E-state index contributed by atoms with van der Waals surface area (Å²) in [6.45, 7) is 0.449. The van der Waals surface area contributed by atoms with Gasteiger partial charge in [0.05, 0.1) is 0 Å². The number of aliphatic hydroxyl groups excluding tert-OH is 1. The SMILES string of the molecule is O=C1CCC(c2ccccc2)(c2ccccc2)[C@@H]2C(OC(=O)[C@H](O)c3ccccc3)NC[C@H]12. The first-order valence-electron chi connectivity index (χ1n) is 11.4. The minimum absolute atomic E-state index is 0.192. The van der Waals surface area contributed by atoms with Gasteiger partial charge in [0.2, 0.25) is 0 Å². The standard InChI is InChI=1S/C28H27NO4/c30-23-16-17-28(20-12-6-2-7-13-20,21-14-8-3-9-15-21)24-22(23)18-29-26(24)33-27(32)25(31)19-10-4-1-5-11-19/h1-15,22,24-26,29,31H,16-18H2/t22-,24+,25-,26?/m1/s1. The van der Waals surface area contributed by atoms with Gasteiger partial charge in [0.1, 0.15) is 5.78 Å². The van der Waals surface area contributed by atoms with Crippen LogP contribution in [0.25, 0.3) is 0 Å². The van der Waals surface area contributed by atoms with Crippen LogP contribution in [0.5, 0.6) is 0 Å². The van der Waals surface area contributed by atoms with Crippen LogP contribution in [0.3, 0.4) is 0 Å². The molecule has 1 saturated carbocycles. The van der Waals surface area contributed by atoms with Crippen molar-refractivity contribution < 1.29 is 19.4 Å². The first kappa shape index (κ1) is 21.6. The molecule has 0 spiro atoms. The summed E-state index contributed by atoms with van der Waals surface area (Å²) in [6, 6.07) is 29.1. The van der Waals surface area contributed by atoms with Gasteiger partial charge in [0, 0.05) is 30.2 Å². The highest BCUT2D eigenvalue weighted by Gasteiger charge is 2.58. The number of carbonyl (C=O) groups is 2. The fourth-order valence-electron chi connectivity index (χ4n) is 5.68. The van der Waals surface area contributed by atoms with Crippen molar-refractivity contribution in [2.24, 2.45) is 11.8 Å². The molecule has 2 aliphatic rings. The highest BCUT2D eigenvalue weighted by molar-refractivity contribution is 5.84. The zero-order valence-electron chi connectivity index (χ0n) is 18.3. The highest BCUT2D eigenvalue weighted by Crippen LogP contribution is 2.53. The summed E-state index contributed by atoms with van der Waals surface area (Å²) in [7, 11) is 0. The first-order valence-corrected chi connectivity index (χ1v) is 11.4. The number of esters is 1. The van der Waals surface area contributed by atoms with Gasteiger partial charge >= 0.3 is 5.97 Å². The van der Waals surface area contributed by atoms with Crippen molar-refractivity contribution in [1.29, 1.82) is 0 Å². The Hall–Kier alpha value is -3.28. The van der Waals surface area contributed by atoms with Crippen molar-refractivity contribution in [2.45, 2.75) is 30.6 Å². The second kappa shape index (κ2) is 8.93. The molecule has 1 aliphatic carbocycles. The highest BCUT2D eigenvalue weighted by atomic mass is 16.6. The van der Waals surface area contributed by atoms with Gasteiger partial charge in [-0.3, -0.25) is 10.1 Å². The molecule has 5 heteroatoms. The van der Waals surface area contributed by atoms with Crippen molar-refractivity contribution in [3.8, 4) is 0 Å². The molecule has 1 heterocycles. The van der Waals surface area contributed by atoms with Gasteiger partial charge < -0.3 is 9.84 Å². The Morgan fingerprint density at radius 1 is 0.909 bits per heavy atom. The number of benzene rings is 3. The summed E-state index contributed by atoms with van der Waals surface area (Å²) in [5, 5.41) is 13.9. The molecule has 0 aromatic heterocycles. The van der Waals surface area contributed by atoms with Crippen LogP contribution >= 0.6 is 0 Å². The normalized spacial score (nSPS) is 24.6. The van der Waals surface area contributed by atoms with Crippen molar-refractivity contribution in [2.75, 3.05) is 6.54 Å². The zero-order chi connectivity index (χ0) is 22.8. The molecule has 1 saturated heterocycles. The third-order valence-electron chi connectivity index (χ3n) is 7.21. The van der Waals surface area contributed by atoms with Gasteiger partial charge in [-0.1, -0.05) is 91.0 Å². The molecule has 33 heavy (non-hydrogen) atoms. The third-order valence-corrected chi connectivity index (χ3v) is 7.21. The summed E-state index contributed by atoms with van der Waals surface area (Å²) in [4.78, 5) is 25.9. The lowest BCUT2D eigenvalue weighted by Gasteiger charge is -2.47. The number of carbonyl (C=O) groups excluding carboxylic acids is 2. The molecule has 1 aliphatic heterocycles. The first-order chi connectivity index (χ1) is 16.1. The van der Waals surface area contributed by atoms with E-state index in [1.54, 1.807) is 24.3 Å². The van der Waals surface area contributed by atoms with E-state index in [4.69, 9.17) is 4.74 Å². The summed E-state index contributed by atoms with van der Waals surface area (Å²) >= 11 is 0. The van der Waals surface area contributed by atoms with E-state index in [2.05, 4.69) is 29.6 Å². The summed E-state index contributed by atoms with van der Waals surface area (Å²) < 4.78 is 5.89. The number of aliphatic hydroxyl groups is 1. The summed E-state index contributed by atoms with van der Waals surface area (Å²) in [5.74, 6) is -1.08. The van der Waals surface area contributed by atoms with Gasteiger partial charge in [-0.2, -0.15) is 0 Å². The van der Waals surface area contributed by atoms with Crippen LogP contribution in [0.4, 0.5) is 0 Å². The Morgan fingerprint density at radius 3 is 2.03 bits per heavy atom.